The summed E-state index contributed by atoms with van der Waals surface area (Å²) in [6, 6.07) is 5.99. The van der Waals surface area contributed by atoms with Crippen LogP contribution in [0, 0.1) is 0 Å². The summed E-state index contributed by atoms with van der Waals surface area (Å²) in [7, 11) is 0. The van der Waals surface area contributed by atoms with Crippen LogP contribution >= 0.6 is 0 Å². The van der Waals surface area contributed by atoms with Gasteiger partial charge in [0.2, 0.25) is 5.82 Å². The number of aromatic amines is 1. The first-order valence-electron chi connectivity index (χ1n) is 8.63. The maximum atomic E-state index is 12.1. The molecule has 134 valence electrons. The third-order valence-electron chi connectivity index (χ3n) is 4.77. The Morgan fingerprint density at radius 2 is 2.23 bits per heavy atom. The lowest BCUT2D eigenvalue weighted by Crippen LogP contribution is -2.30. The van der Waals surface area contributed by atoms with E-state index in [4.69, 9.17) is 10.3 Å². The van der Waals surface area contributed by atoms with E-state index < -0.39 is 11.2 Å². The highest BCUT2D eigenvalue weighted by Gasteiger charge is 2.19. The van der Waals surface area contributed by atoms with Crippen molar-refractivity contribution in [1.29, 1.82) is 0 Å². The fourth-order valence-electron chi connectivity index (χ4n) is 3.34. The summed E-state index contributed by atoms with van der Waals surface area (Å²) in [5.74, 6) is 0.480. The molecule has 4 rings (SSSR count). The van der Waals surface area contributed by atoms with Crippen molar-refractivity contribution in [1.82, 2.24) is 19.7 Å². The first kappa shape index (κ1) is 16.5. The van der Waals surface area contributed by atoms with Crippen LogP contribution in [-0.2, 0) is 13.0 Å². The summed E-state index contributed by atoms with van der Waals surface area (Å²) >= 11 is 0. The van der Waals surface area contributed by atoms with Crippen LogP contribution < -0.4 is 17.0 Å². The molecule has 1 atom stereocenters. The van der Waals surface area contributed by atoms with Crippen LogP contribution in [0.3, 0.4) is 0 Å². The quantitative estimate of drug-likeness (QED) is 0.738. The minimum absolute atomic E-state index is 0.0692. The number of fused-ring (bicyclic) bond motifs is 1. The van der Waals surface area contributed by atoms with Crippen LogP contribution in [0.1, 0.15) is 36.9 Å². The number of rotatable bonds is 3. The number of hydrogen-bond donors (Lipinski definition) is 2. The van der Waals surface area contributed by atoms with Crippen molar-refractivity contribution >= 4 is 0 Å². The van der Waals surface area contributed by atoms with Gasteiger partial charge in [-0.25, -0.2) is 4.79 Å². The van der Waals surface area contributed by atoms with Gasteiger partial charge in [0, 0.05) is 24.3 Å². The van der Waals surface area contributed by atoms with E-state index in [1.54, 1.807) is 0 Å². The molecule has 26 heavy (non-hydrogen) atoms. The molecule has 0 aliphatic heterocycles. The molecule has 3 N–H and O–H groups in total. The number of nitrogens with zero attached hydrogens (tertiary/aromatic N) is 3. The second kappa shape index (κ2) is 6.38. The molecule has 1 aromatic carbocycles. The average molecular weight is 353 g/mol. The second-order valence-corrected chi connectivity index (χ2v) is 6.42. The summed E-state index contributed by atoms with van der Waals surface area (Å²) in [5.41, 5.74) is 8.49. The van der Waals surface area contributed by atoms with Gasteiger partial charge in [-0.05, 0) is 49.4 Å². The molecular formula is C18H19N5O3. The highest BCUT2D eigenvalue weighted by molar-refractivity contribution is 5.60. The number of H-pyrrole nitrogens is 1. The number of hydrogen-bond acceptors (Lipinski definition) is 6. The van der Waals surface area contributed by atoms with Crippen LogP contribution in [0.15, 0.2) is 38.5 Å². The Kier molecular flexibility index (Phi) is 4.04. The van der Waals surface area contributed by atoms with E-state index in [1.807, 2.05) is 25.1 Å². The van der Waals surface area contributed by atoms with Gasteiger partial charge in [-0.3, -0.25) is 9.78 Å². The van der Waals surface area contributed by atoms with Crippen LogP contribution in [0.5, 0.6) is 0 Å². The number of aromatic nitrogens is 4. The average Bonchev–Trinajstić information content (AvgIpc) is 3.12. The van der Waals surface area contributed by atoms with Crippen LogP contribution in [-0.4, -0.2) is 19.7 Å². The van der Waals surface area contributed by atoms with Crippen molar-refractivity contribution < 1.29 is 4.52 Å². The standard InChI is InChI=1S/C18H19N5O3/c1-2-23-9-13(16(24)21-18(23)25)15-20-17(26-22-15)11-6-7-12-10(8-11)4-3-5-14(12)19/h6-9,14H,2-5,19H2,1H3,(H,21,24,25). The Labute approximate surface area is 148 Å². The summed E-state index contributed by atoms with van der Waals surface area (Å²) in [5, 5.41) is 3.91. The van der Waals surface area contributed by atoms with E-state index in [9.17, 15) is 9.59 Å². The Hall–Kier alpha value is -3.00. The number of benzene rings is 1. The highest BCUT2D eigenvalue weighted by atomic mass is 16.5. The normalized spacial score (nSPS) is 16.5. The predicted octanol–water partition coefficient (Wildman–Crippen LogP) is 1.61. The Bertz CT molecular complexity index is 1080. The van der Waals surface area contributed by atoms with E-state index in [0.29, 0.717) is 12.4 Å². The van der Waals surface area contributed by atoms with Crippen molar-refractivity contribution in [3.63, 3.8) is 0 Å². The molecule has 0 bridgehead atoms. The van der Waals surface area contributed by atoms with Crippen molar-refractivity contribution in [3.8, 4) is 22.8 Å². The van der Waals surface area contributed by atoms with E-state index >= 15 is 0 Å². The van der Waals surface area contributed by atoms with Gasteiger partial charge in [-0.15, -0.1) is 0 Å². The smallest absolute Gasteiger partial charge is 0.328 e. The van der Waals surface area contributed by atoms with Crippen molar-refractivity contribution in [2.75, 3.05) is 0 Å². The monoisotopic (exact) mass is 353 g/mol. The van der Waals surface area contributed by atoms with Gasteiger partial charge in [0.25, 0.3) is 11.4 Å². The van der Waals surface area contributed by atoms with Crippen molar-refractivity contribution in [3.05, 3.63) is 56.4 Å². The Morgan fingerprint density at radius 3 is 3.04 bits per heavy atom. The maximum absolute atomic E-state index is 12.1. The largest absolute Gasteiger partial charge is 0.334 e. The van der Waals surface area contributed by atoms with Gasteiger partial charge in [0.05, 0.1) is 0 Å². The molecular weight excluding hydrogens is 334 g/mol. The lowest BCUT2D eigenvalue weighted by Gasteiger charge is -2.22. The van der Waals surface area contributed by atoms with E-state index in [1.165, 1.54) is 16.3 Å². The molecule has 0 spiro atoms. The van der Waals surface area contributed by atoms with Crippen LogP contribution in [0.2, 0.25) is 0 Å². The summed E-state index contributed by atoms with van der Waals surface area (Å²) < 4.78 is 6.73. The number of nitrogens with two attached hydrogens (primary N) is 1. The predicted molar refractivity (Wildman–Crippen MR) is 95.6 cm³/mol. The molecule has 0 amide bonds. The van der Waals surface area contributed by atoms with Gasteiger partial charge in [-0.1, -0.05) is 11.2 Å². The number of nitrogens with one attached hydrogen (secondary N) is 1. The van der Waals surface area contributed by atoms with Gasteiger partial charge in [0.1, 0.15) is 5.56 Å². The summed E-state index contributed by atoms with van der Waals surface area (Å²) in [6.07, 6.45) is 4.47. The fraction of sp³-hybridized carbons (Fsp3) is 0.333. The zero-order valence-electron chi connectivity index (χ0n) is 14.4. The van der Waals surface area contributed by atoms with E-state index in [2.05, 4.69) is 15.1 Å². The molecule has 0 fully saturated rings. The summed E-state index contributed by atoms with van der Waals surface area (Å²) in [6.45, 7) is 2.24. The molecule has 2 aromatic heterocycles. The maximum Gasteiger partial charge on any atom is 0.328 e. The Balaban J connectivity index is 1.73. The van der Waals surface area contributed by atoms with Crippen molar-refractivity contribution in [2.24, 2.45) is 5.73 Å². The first-order valence-corrected chi connectivity index (χ1v) is 8.63. The molecule has 1 unspecified atom stereocenters. The number of aryl methyl sites for hydroxylation is 2. The molecule has 1 aliphatic carbocycles. The molecule has 8 heteroatoms. The molecule has 2 heterocycles. The zero-order valence-corrected chi connectivity index (χ0v) is 14.4. The first-order chi connectivity index (χ1) is 12.6. The molecule has 8 nitrogen and oxygen atoms in total. The van der Waals surface area contributed by atoms with E-state index in [-0.39, 0.29) is 17.4 Å². The lowest BCUT2D eigenvalue weighted by atomic mass is 9.87. The van der Waals surface area contributed by atoms with Crippen LogP contribution in [0.25, 0.3) is 22.8 Å². The molecule has 1 aliphatic rings. The molecule has 0 radical (unpaired) electrons. The van der Waals surface area contributed by atoms with Crippen LogP contribution in [0.4, 0.5) is 0 Å². The topological polar surface area (TPSA) is 120 Å². The minimum Gasteiger partial charge on any atom is -0.334 e. The van der Waals surface area contributed by atoms with Gasteiger partial charge in [0.15, 0.2) is 0 Å². The Morgan fingerprint density at radius 1 is 1.38 bits per heavy atom. The molecule has 0 saturated heterocycles. The van der Waals surface area contributed by atoms with Gasteiger partial charge < -0.3 is 14.8 Å². The third-order valence-corrected chi connectivity index (χ3v) is 4.77. The molecule has 0 saturated carbocycles. The van der Waals surface area contributed by atoms with Gasteiger partial charge in [-0.2, -0.15) is 4.98 Å². The SMILES string of the molecule is CCn1cc(-c2noc(-c3ccc4c(c3)CCCC4N)n2)c(=O)[nH]c1=O. The van der Waals surface area contributed by atoms with Gasteiger partial charge >= 0.3 is 5.69 Å². The summed E-state index contributed by atoms with van der Waals surface area (Å²) in [4.78, 5) is 30.4. The van der Waals surface area contributed by atoms with E-state index in [0.717, 1.165) is 30.4 Å². The second-order valence-electron chi connectivity index (χ2n) is 6.42. The molecule has 3 aromatic rings. The minimum atomic E-state index is -0.538. The highest BCUT2D eigenvalue weighted by Crippen LogP contribution is 2.31. The zero-order chi connectivity index (χ0) is 18.3. The fourth-order valence-corrected chi connectivity index (χ4v) is 3.34. The third kappa shape index (κ3) is 2.78. The lowest BCUT2D eigenvalue weighted by molar-refractivity contribution is 0.432. The van der Waals surface area contributed by atoms with Crippen molar-refractivity contribution in [2.45, 2.75) is 38.8 Å².